The van der Waals surface area contributed by atoms with Crippen LogP contribution in [-0.4, -0.2) is 25.1 Å². The van der Waals surface area contributed by atoms with Gasteiger partial charge in [-0.2, -0.15) is 0 Å². The smallest absolute Gasteiger partial charge is 0.150 e. The number of carbonyl (C=O) groups is 4. The number of hydrogen-bond acceptors (Lipinski definition) is 4. The largest absolute Gasteiger partial charge is 0.298 e. The minimum absolute atomic E-state index is 0.0261. The molecule has 32 heavy (non-hydrogen) atoms. The molecule has 0 amide bonds. The summed E-state index contributed by atoms with van der Waals surface area (Å²) < 4.78 is 0. The summed E-state index contributed by atoms with van der Waals surface area (Å²) in [6.45, 7) is 0. The summed E-state index contributed by atoms with van der Waals surface area (Å²) in [4.78, 5) is 45.4. The van der Waals surface area contributed by atoms with Crippen molar-refractivity contribution in [3.63, 3.8) is 0 Å². The van der Waals surface area contributed by atoms with Crippen molar-refractivity contribution >= 4 is 25.1 Å². The van der Waals surface area contributed by atoms with E-state index in [0.29, 0.717) is 22.3 Å². The zero-order valence-corrected chi connectivity index (χ0v) is 17.2. The predicted octanol–water partition coefficient (Wildman–Crippen LogP) is 3.84. The van der Waals surface area contributed by atoms with Crippen LogP contribution in [0.15, 0.2) is 117 Å². The maximum Gasteiger partial charge on any atom is 0.150 e. The van der Waals surface area contributed by atoms with Gasteiger partial charge in [0.2, 0.25) is 0 Å². The molecule has 0 aromatic carbocycles. The molecule has 0 fully saturated rings. The van der Waals surface area contributed by atoms with Crippen LogP contribution in [-0.2, 0) is 19.2 Å². The molecule has 4 nitrogen and oxygen atoms in total. The Balaban J connectivity index is 1.52. The van der Waals surface area contributed by atoms with Crippen molar-refractivity contribution in [2.45, 2.75) is 0 Å². The Labute approximate surface area is 185 Å². The van der Waals surface area contributed by atoms with E-state index in [2.05, 4.69) is 48.6 Å². The Morgan fingerprint density at radius 3 is 0.781 bits per heavy atom. The summed E-state index contributed by atoms with van der Waals surface area (Å²) in [5.74, 6) is 0.104. The van der Waals surface area contributed by atoms with Gasteiger partial charge in [-0.05, 0) is 22.3 Å². The highest BCUT2D eigenvalue weighted by atomic mass is 16.1. The molecule has 5 aliphatic carbocycles. The molecule has 0 aromatic heterocycles. The molecule has 5 rings (SSSR count). The van der Waals surface area contributed by atoms with E-state index in [1.807, 2.05) is 24.3 Å². The van der Waals surface area contributed by atoms with Gasteiger partial charge in [-0.15, -0.1) is 0 Å². The topological polar surface area (TPSA) is 68.3 Å². The Morgan fingerprint density at radius 1 is 0.375 bits per heavy atom. The summed E-state index contributed by atoms with van der Waals surface area (Å²) in [5.41, 5.74) is 5.98. The lowest BCUT2D eigenvalue weighted by molar-refractivity contribution is -0.107. The summed E-state index contributed by atoms with van der Waals surface area (Å²) in [6, 6.07) is 0. The Bertz CT molecular complexity index is 1060. The molecular formula is C28H20O4. The minimum Gasteiger partial charge on any atom is -0.298 e. The zero-order valence-electron chi connectivity index (χ0n) is 17.2. The van der Waals surface area contributed by atoms with E-state index in [1.54, 1.807) is 0 Å². The standard InChI is InChI=1S/C28H20O4/c29-13-25-9-21-5-17-1-2-18-6-22-10-26(14-30)28(16-32)12-24(22)8-20(18)4-3-19(17)7-23(21)11-27(25)15-31/h1-16,21-24H/b2-1-,4-3-. The van der Waals surface area contributed by atoms with Gasteiger partial charge in [-0.3, -0.25) is 19.2 Å². The molecule has 0 bridgehead atoms. The molecule has 156 valence electrons. The van der Waals surface area contributed by atoms with E-state index in [-0.39, 0.29) is 23.7 Å². The third-order valence-corrected chi connectivity index (χ3v) is 6.59. The second kappa shape index (κ2) is 7.97. The van der Waals surface area contributed by atoms with Gasteiger partial charge in [-0.1, -0.05) is 72.9 Å². The maximum atomic E-state index is 11.4. The van der Waals surface area contributed by atoms with E-state index in [4.69, 9.17) is 0 Å². The fraction of sp³-hybridized carbons (Fsp3) is 0.143. The molecule has 0 radical (unpaired) electrons. The van der Waals surface area contributed by atoms with Gasteiger partial charge in [0.15, 0.2) is 0 Å². The molecule has 4 unspecified atom stereocenters. The number of fused-ring (bicyclic) bond motifs is 4. The monoisotopic (exact) mass is 420 g/mol. The van der Waals surface area contributed by atoms with Crippen molar-refractivity contribution in [2.75, 3.05) is 0 Å². The van der Waals surface area contributed by atoms with Crippen LogP contribution in [0, 0.1) is 23.7 Å². The molecule has 4 atom stereocenters. The summed E-state index contributed by atoms with van der Waals surface area (Å²) in [5, 5.41) is 0. The van der Waals surface area contributed by atoms with Gasteiger partial charge in [0.25, 0.3) is 0 Å². The number of allylic oxidation sites excluding steroid dienone is 20. The summed E-state index contributed by atoms with van der Waals surface area (Å²) in [6.07, 6.45) is 27.2. The quantitative estimate of drug-likeness (QED) is 0.648. The minimum atomic E-state index is 0.0261. The Morgan fingerprint density at radius 2 is 0.594 bits per heavy atom. The van der Waals surface area contributed by atoms with Crippen molar-refractivity contribution in [2.24, 2.45) is 23.7 Å². The fourth-order valence-corrected chi connectivity index (χ4v) is 4.91. The average molecular weight is 420 g/mol. The van der Waals surface area contributed by atoms with E-state index < -0.39 is 0 Å². The number of hydrogen-bond donors (Lipinski definition) is 0. The van der Waals surface area contributed by atoms with Gasteiger partial charge < -0.3 is 0 Å². The number of aldehydes is 4. The Kier molecular flexibility index (Phi) is 4.98. The van der Waals surface area contributed by atoms with Gasteiger partial charge in [0.1, 0.15) is 25.1 Å². The Hall–Kier alpha value is -3.92. The van der Waals surface area contributed by atoms with E-state index >= 15 is 0 Å². The molecule has 4 heteroatoms. The maximum absolute atomic E-state index is 11.4. The van der Waals surface area contributed by atoms with Crippen LogP contribution in [0.25, 0.3) is 0 Å². The molecule has 0 heterocycles. The van der Waals surface area contributed by atoms with Crippen molar-refractivity contribution in [3.8, 4) is 0 Å². The SMILES string of the molecule is O=CC1=CC2C=C3/C=C\C4=CC5C=C(C=O)C(C=O)=CC5C=C4/C=C\C3=CC2C=C1C=O. The first-order valence-electron chi connectivity index (χ1n) is 10.6. The van der Waals surface area contributed by atoms with Crippen molar-refractivity contribution < 1.29 is 19.2 Å². The van der Waals surface area contributed by atoms with Crippen LogP contribution in [0.3, 0.4) is 0 Å². The van der Waals surface area contributed by atoms with Gasteiger partial charge in [-0.25, -0.2) is 0 Å². The van der Waals surface area contributed by atoms with Crippen LogP contribution in [0.2, 0.25) is 0 Å². The second-order valence-corrected chi connectivity index (χ2v) is 8.42. The highest BCUT2D eigenvalue weighted by Gasteiger charge is 2.28. The predicted molar refractivity (Wildman–Crippen MR) is 121 cm³/mol. The van der Waals surface area contributed by atoms with E-state index in [1.165, 1.54) is 0 Å². The van der Waals surface area contributed by atoms with Gasteiger partial charge in [0.05, 0.1) is 0 Å². The van der Waals surface area contributed by atoms with E-state index in [9.17, 15) is 19.2 Å². The lowest BCUT2D eigenvalue weighted by atomic mass is 9.74. The first-order chi connectivity index (χ1) is 15.6. The fourth-order valence-electron chi connectivity index (χ4n) is 4.91. The van der Waals surface area contributed by atoms with Crippen LogP contribution in [0.1, 0.15) is 0 Å². The van der Waals surface area contributed by atoms with Crippen LogP contribution in [0.5, 0.6) is 0 Å². The highest BCUT2D eigenvalue weighted by Crippen LogP contribution is 2.40. The zero-order chi connectivity index (χ0) is 22.2. The average Bonchev–Trinajstić information content (AvgIpc) is 2.82. The molecule has 0 saturated carbocycles. The third kappa shape index (κ3) is 3.34. The second-order valence-electron chi connectivity index (χ2n) is 8.42. The molecular weight excluding hydrogens is 400 g/mol. The highest BCUT2D eigenvalue weighted by molar-refractivity contribution is 5.96. The van der Waals surface area contributed by atoms with Crippen LogP contribution >= 0.6 is 0 Å². The lowest BCUT2D eigenvalue weighted by Gasteiger charge is -2.30. The van der Waals surface area contributed by atoms with Crippen molar-refractivity contribution in [3.05, 3.63) is 117 Å². The molecule has 0 aliphatic heterocycles. The van der Waals surface area contributed by atoms with Gasteiger partial charge in [0, 0.05) is 46.0 Å². The number of rotatable bonds is 4. The van der Waals surface area contributed by atoms with E-state index in [0.717, 1.165) is 47.4 Å². The summed E-state index contributed by atoms with van der Waals surface area (Å²) in [7, 11) is 0. The first kappa shape index (κ1) is 20.0. The van der Waals surface area contributed by atoms with Crippen molar-refractivity contribution in [1.82, 2.24) is 0 Å². The van der Waals surface area contributed by atoms with Gasteiger partial charge >= 0.3 is 0 Å². The number of carbonyl (C=O) groups excluding carboxylic acids is 4. The van der Waals surface area contributed by atoms with Crippen molar-refractivity contribution in [1.29, 1.82) is 0 Å². The summed E-state index contributed by atoms with van der Waals surface area (Å²) >= 11 is 0. The first-order valence-corrected chi connectivity index (χ1v) is 10.6. The lowest BCUT2D eigenvalue weighted by Crippen LogP contribution is -2.19. The molecule has 0 aromatic rings. The van der Waals surface area contributed by atoms with Crippen LogP contribution < -0.4 is 0 Å². The third-order valence-electron chi connectivity index (χ3n) is 6.59. The molecule has 0 spiro atoms. The molecule has 0 N–H and O–H groups in total. The molecule has 0 saturated heterocycles. The van der Waals surface area contributed by atoms with Crippen LogP contribution in [0.4, 0.5) is 0 Å². The normalized spacial score (nSPS) is 31.8. The molecule has 5 aliphatic rings.